The summed E-state index contributed by atoms with van der Waals surface area (Å²) in [5, 5.41) is 10.6. The average Bonchev–Trinajstić information content (AvgIpc) is 3.29. The van der Waals surface area contributed by atoms with Crippen LogP contribution in [0.5, 0.6) is 0 Å². The molecule has 4 rings (SSSR count). The van der Waals surface area contributed by atoms with E-state index in [-0.39, 0.29) is 5.91 Å². The molecule has 0 saturated heterocycles. The first kappa shape index (κ1) is 15.1. The number of carbonyl (C=O) groups excluding carboxylic acids is 1. The first-order valence-electron chi connectivity index (χ1n) is 8.12. The molecule has 6 heteroatoms. The lowest BCUT2D eigenvalue weighted by Crippen LogP contribution is -2.13. The molecule has 0 fully saturated rings. The van der Waals surface area contributed by atoms with E-state index in [0.717, 1.165) is 29.6 Å². The van der Waals surface area contributed by atoms with E-state index >= 15 is 0 Å². The summed E-state index contributed by atoms with van der Waals surface area (Å²) in [6.45, 7) is 0. The highest BCUT2D eigenvalue weighted by Crippen LogP contribution is 2.18. The molecule has 124 valence electrons. The van der Waals surface area contributed by atoms with Crippen molar-refractivity contribution in [2.75, 3.05) is 5.32 Å². The number of nitrogens with one attached hydrogen (secondary N) is 3. The molecule has 0 aliphatic rings. The Hall–Kier alpha value is -3.41. The van der Waals surface area contributed by atoms with E-state index in [1.807, 2.05) is 42.6 Å². The van der Waals surface area contributed by atoms with Crippen molar-refractivity contribution in [3.05, 3.63) is 77.7 Å². The second kappa shape index (κ2) is 6.60. The van der Waals surface area contributed by atoms with Gasteiger partial charge in [0.15, 0.2) is 0 Å². The van der Waals surface area contributed by atoms with Gasteiger partial charge in [0.1, 0.15) is 5.82 Å². The number of hydrogen-bond acceptors (Lipinski definition) is 3. The van der Waals surface area contributed by atoms with Crippen molar-refractivity contribution in [1.82, 2.24) is 20.2 Å². The molecule has 0 aliphatic heterocycles. The third kappa shape index (κ3) is 3.28. The van der Waals surface area contributed by atoms with Gasteiger partial charge in [-0.05, 0) is 30.2 Å². The summed E-state index contributed by atoms with van der Waals surface area (Å²) in [6.07, 6.45) is 3.42. The SMILES string of the molecule is O=C(Nc1n[nH]c(CCc2ccccc2)n1)c1cccc2[nH]ccc12. The Labute approximate surface area is 144 Å². The predicted molar refractivity (Wildman–Crippen MR) is 96.5 cm³/mol. The predicted octanol–water partition coefficient (Wildman–Crippen LogP) is 3.32. The summed E-state index contributed by atoms with van der Waals surface area (Å²) in [6, 6.07) is 17.6. The number of aryl methyl sites for hydroxylation is 2. The van der Waals surface area contributed by atoms with Gasteiger partial charge in [-0.3, -0.25) is 15.2 Å². The van der Waals surface area contributed by atoms with Gasteiger partial charge in [0, 0.05) is 29.1 Å². The molecule has 0 bridgehead atoms. The number of benzene rings is 2. The lowest BCUT2D eigenvalue weighted by Gasteiger charge is -2.02. The van der Waals surface area contributed by atoms with E-state index < -0.39 is 0 Å². The molecule has 0 saturated carbocycles. The average molecular weight is 331 g/mol. The van der Waals surface area contributed by atoms with Gasteiger partial charge in [-0.15, -0.1) is 5.10 Å². The molecule has 3 N–H and O–H groups in total. The van der Waals surface area contributed by atoms with Crippen LogP contribution in [0.25, 0.3) is 10.9 Å². The maximum absolute atomic E-state index is 12.5. The highest BCUT2D eigenvalue weighted by Gasteiger charge is 2.13. The van der Waals surface area contributed by atoms with E-state index in [0.29, 0.717) is 11.5 Å². The van der Waals surface area contributed by atoms with Crippen molar-refractivity contribution in [2.45, 2.75) is 12.8 Å². The van der Waals surface area contributed by atoms with Crippen molar-refractivity contribution in [3.8, 4) is 0 Å². The second-order valence-corrected chi connectivity index (χ2v) is 5.79. The summed E-state index contributed by atoms with van der Waals surface area (Å²) in [5.41, 5.74) is 2.75. The zero-order valence-corrected chi connectivity index (χ0v) is 13.5. The largest absolute Gasteiger partial charge is 0.361 e. The first-order chi connectivity index (χ1) is 12.3. The van der Waals surface area contributed by atoms with Crippen LogP contribution in [-0.4, -0.2) is 26.1 Å². The van der Waals surface area contributed by atoms with Crippen LogP contribution in [0.15, 0.2) is 60.8 Å². The number of carbonyl (C=O) groups is 1. The molecule has 0 spiro atoms. The molecule has 4 aromatic rings. The third-order valence-electron chi connectivity index (χ3n) is 4.09. The minimum absolute atomic E-state index is 0.223. The number of rotatable bonds is 5. The van der Waals surface area contributed by atoms with Gasteiger partial charge < -0.3 is 4.98 Å². The molecular formula is C19H17N5O. The molecule has 1 amide bonds. The van der Waals surface area contributed by atoms with Crippen LogP contribution in [0.3, 0.4) is 0 Å². The van der Waals surface area contributed by atoms with E-state index in [4.69, 9.17) is 0 Å². The van der Waals surface area contributed by atoms with E-state index in [1.54, 1.807) is 6.07 Å². The molecule has 2 heterocycles. The molecule has 2 aromatic carbocycles. The summed E-state index contributed by atoms with van der Waals surface area (Å²) < 4.78 is 0. The van der Waals surface area contributed by atoms with Crippen molar-refractivity contribution in [2.24, 2.45) is 0 Å². The smallest absolute Gasteiger partial charge is 0.258 e. The Balaban J connectivity index is 1.44. The fraction of sp³-hybridized carbons (Fsp3) is 0.105. The fourth-order valence-corrected chi connectivity index (χ4v) is 2.82. The van der Waals surface area contributed by atoms with E-state index in [2.05, 4.69) is 37.6 Å². The molecular weight excluding hydrogens is 314 g/mol. The number of aromatic amines is 2. The number of nitrogens with zero attached hydrogens (tertiary/aromatic N) is 2. The molecule has 0 radical (unpaired) electrons. The van der Waals surface area contributed by atoms with Gasteiger partial charge in [0.25, 0.3) is 5.91 Å². The summed E-state index contributed by atoms with van der Waals surface area (Å²) in [5.74, 6) is 0.818. The van der Waals surface area contributed by atoms with Crippen molar-refractivity contribution in [3.63, 3.8) is 0 Å². The number of hydrogen-bond donors (Lipinski definition) is 3. The Morgan fingerprint density at radius 1 is 1.00 bits per heavy atom. The normalized spacial score (nSPS) is 10.9. The zero-order chi connectivity index (χ0) is 17.1. The highest BCUT2D eigenvalue weighted by molar-refractivity contribution is 6.11. The molecule has 2 aromatic heterocycles. The van der Waals surface area contributed by atoms with Gasteiger partial charge >= 0.3 is 0 Å². The lowest BCUT2D eigenvalue weighted by molar-refractivity contribution is 0.102. The van der Waals surface area contributed by atoms with Crippen molar-refractivity contribution in [1.29, 1.82) is 0 Å². The topological polar surface area (TPSA) is 86.5 Å². The highest BCUT2D eigenvalue weighted by atomic mass is 16.1. The third-order valence-corrected chi connectivity index (χ3v) is 4.09. The summed E-state index contributed by atoms with van der Waals surface area (Å²) >= 11 is 0. The maximum atomic E-state index is 12.5. The Morgan fingerprint density at radius 3 is 2.76 bits per heavy atom. The van der Waals surface area contributed by atoms with Crippen LogP contribution in [0.4, 0.5) is 5.95 Å². The number of H-pyrrole nitrogens is 2. The van der Waals surface area contributed by atoms with Gasteiger partial charge in [-0.1, -0.05) is 36.4 Å². The minimum Gasteiger partial charge on any atom is -0.361 e. The molecule has 0 unspecified atom stereocenters. The molecule has 25 heavy (non-hydrogen) atoms. The van der Waals surface area contributed by atoms with Gasteiger partial charge in [-0.25, -0.2) is 0 Å². The van der Waals surface area contributed by atoms with Crippen molar-refractivity contribution >= 4 is 22.8 Å². The van der Waals surface area contributed by atoms with E-state index in [1.165, 1.54) is 5.56 Å². The van der Waals surface area contributed by atoms with Gasteiger partial charge in [0.05, 0.1) is 0 Å². The number of aromatic nitrogens is 4. The molecule has 0 atom stereocenters. The van der Waals surface area contributed by atoms with Crippen LogP contribution in [0.2, 0.25) is 0 Å². The standard InChI is InChI=1S/C19H17N5O/c25-18(15-7-4-8-16-14(15)11-12-20-16)22-19-21-17(23-24-19)10-9-13-5-2-1-3-6-13/h1-8,11-12,20H,9-10H2,(H2,21,22,23,24,25). The van der Waals surface area contributed by atoms with Crippen LogP contribution < -0.4 is 5.32 Å². The monoisotopic (exact) mass is 331 g/mol. The Morgan fingerprint density at radius 2 is 1.88 bits per heavy atom. The number of fused-ring (bicyclic) bond motifs is 1. The number of anilines is 1. The molecule has 0 aliphatic carbocycles. The van der Waals surface area contributed by atoms with Crippen LogP contribution in [0.1, 0.15) is 21.7 Å². The summed E-state index contributed by atoms with van der Waals surface area (Å²) in [4.78, 5) is 19.9. The quantitative estimate of drug-likeness (QED) is 0.524. The number of amides is 1. The second-order valence-electron chi connectivity index (χ2n) is 5.79. The Kier molecular flexibility index (Phi) is 4.00. The maximum Gasteiger partial charge on any atom is 0.258 e. The first-order valence-corrected chi connectivity index (χ1v) is 8.12. The van der Waals surface area contributed by atoms with Gasteiger partial charge in [-0.2, -0.15) is 4.98 Å². The van der Waals surface area contributed by atoms with Crippen LogP contribution in [-0.2, 0) is 12.8 Å². The minimum atomic E-state index is -0.223. The fourth-order valence-electron chi connectivity index (χ4n) is 2.82. The van der Waals surface area contributed by atoms with Gasteiger partial charge in [0.2, 0.25) is 5.95 Å². The molecule has 6 nitrogen and oxygen atoms in total. The van der Waals surface area contributed by atoms with Crippen LogP contribution >= 0.6 is 0 Å². The van der Waals surface area contributed by atoms with Crippen LogP contribution in [0, 0.1) is 0 Å². The van der Waals surface area contributed by atoms with Crippen molar-refractivity contribution < 1.29 is 4.79 Å². The zero-order valence-electron chi connectivity index (χ0n) is 13.5. The van der Waals surface area contributed by atoms with E-state index in [9.17, 15) is 4.79 Å². The summed E-state index contributed by atoms with van der Waals surface area (Å²) in [7, 11) is 0. The Bertz CT molecular complexity index is 1000. The lowest BCUT2D eigenvalue weighted by atomic mass is 10.1.